The van der Waals surface area contributed by atoms with Crippen LogP contribution in [0.4, 0.5) is 5.82 Å². The zero-order valence-electron chi connectivity index (χ0n) is 17.6. The SMILES string of the molecule is CC(C)CCN(CCC(C)C)c1ncnc2c1ncn2[C@@H]1O[C@H](CO)[C@@H](O)[C@H]1O. The summed E-state index contributed by atoms with van der Waals surface area (Å²) in [5.41, 5.74) is 1.17. The van der Waals surface area contributed by atoms with E-state index in [4.69, 9.17) is 4.74 Å². The van der Waals surface area contributed by atoms with Crippen molar-refractivity contribution in [1.29, 1.82) is 0 Å². The van der Waals surface area contributed by atoms with Gasteiger partial charge in [-0.05, 0) is 24.7 Å². The molecule has 9 heteroatoms. The molecule has 3 N–H and O–H groups in total. The molecule has 3 heterocycles. The van der Waals surface area contributed by atoms with E-state index >= 15 is 0 Å². The highest BCUT2D eigenvalue weighted by molar-refractivity contribution is 5.83. The van der Waals surface area contributed by atoms with Gasteiger partial charge in [0.05, 0.1) is 12.9 Å². The van der Waals surface area contributed by atoms with Crippen molar-refractivity contribution in [2.75, 3.05) is 24.6 Å². The number of aliphatic hydroxyl groups is 3. The lowest BCUT2D eigenvalue weighted by atomic mass is 10.1. The number of anilines is 1. The van der Waals surface area contributed by atoms with Crippen molar-refractivity contribution in [3.8, 4) is 0 Å². The van der Waals surface area contributed by atoms with Gasteiger partial charge in [0.25, 0.3) is 0 Å². The maximum Gasteiger partial charge on any atom is 0.167 e. The molecule has 162 valence electrons. The quantitative estimate of drug-likeness (QED) is 0.570. The molecule has 29 heavy (non-hydrogen) atoms. The van der Waals surface area contributed by atoms with Gasteiger partial charge in [-0.25, -0.2) is 15.0 Å². The fourth-order valence-corrected chi connectivity index (χ4v) is 3.52. The van der Waals surface area contributed by atoms with Crippen molar-refractivity contribution in [3.05, 3.63) is 12.7 Å². The molecule has 9 nitrogen and oxygen atoms in total. The Morgan fingerprint density at radius 2 is 1.69 bits per heavy atom. The van der Waals surface area contributed by atoms with Crippen molar-refractivity contribution < 1.29 is 20.1 Å². The van der Waals surface area contributed by atoms with E-state index in [0.717, 1.165) is 31.7 Å². The summed E-state index contributed by atoms with van der Waals surface area (Å²) in [6, 6.07) is 0. The normalized spacial score (nSPS) is 24.9. The fraction of sp³-hybridized carbons (Fsp3) is 0.750. The first-order valence-corrected chi connectivity index (χ1v) is 10.4. The first kappa shape index (κ1) is 21.9. The molecule has 0 unspecified atom stereocenters. The van der Waals surface area contributed by atoms with Crippen molar-refractivity contribution in [2.24, 2.45) is 11.8 Å². The van der Waals surface area contributed by atoms with Crippen LogP contribution < -0.4 is 4.90 Å². The topological polar surface area (TPSA) is 117 Å². The first-order valence-electron chi connectivity index (χ1n) is 10.4. The predicted octanol–water partition coefficient (Wildman–Crippen LogP) is 1.34. The van der Waals surface area contributed by atoms with Crippen LogP contribution in [0.5, 0.6) is 0 Å². The maximum absolute atomic E-state index is 10.4. The number of imidazole rings is 1. The number of aromatic nitrogens is 4. The smallest absolute Gasteiger partial charge is 0.167 e. The van der Waals surface area contributed by atoms with Crippen LogP contribution in [0.3, 0.4) is 0 Å². The van der Waals surface area contributed by atoms with Crippen LogP contribution in [0, 0.1) is 11.8 Å². The molecule has 0 aliphatic carbocycles. The Bertz CT molecular complexity index is 784. The molecule has 0 spiro atoms. The van der Waals surface area contributed by atoms with E-state index in [-0.39, 0.29) is 6.61 Å². The number of fused-ring (bicyclic) bond motifs is 1. The monoisotopic (exact) mass is 407 g/mol. The highest BCUT2D eigenvalue weighted by Crippen LogP contribution is 2.32. The molecular formula is C20H33N5O4. The minimum atomic E-state index is -1.18. The summed E-state index contributed by atoms with van der Waals surface area (Å²) in [7, 11) is 0. The van der Waals surface area contributed by atoms with Gasteiger partial charge in [-0.15, -0.1) is 0 Å². The summed E-state index contributed by atoms with van der Waals surface area (Å²) < 4.78 is 7.25. The molecule has 4 atom stereocenters. The lowest BCUT2D eigenvalue weighted by molar-refractivity contribution is -0.0511. The second-order valence-corrected chi connectivity index (χ2v) is 8.60. The van der Waals surface area contributed by atoms with Gasteiger partial charge in [-0.3, -0.25) is 4.57 Å². The second kappa shape index (κ2) is 9.34. The van der Waals surface area contributed by atoms with Crippen LogP contribution in [-0.2, 0) is 4.74 Å². The van der Waals surface area contributed by atoms with E-state index in [2.05, 4.69) is 47.5 Å². The number of hydrogen-bond acceptors (Lipinski definition) is 8. The summed E-state index contributed by atoms with van der Waals surface area (Å²) in [4.78, 5) is 15.6. The molecular weight excluding hydrogens is 374 g/mol. The maximum atomic E-state index is 10.4. The molecule has 1 saturated heterocycles. The van der Waals surface area contributed by atoms with E-state index in [9.17, 15) is 15.3 Å². The van der Waals surface area contributed by atoms with Crippen molar-refractivity contribution in [1.82, 2.24) is 19.5 Å². The molecule has 2 aromatic rings. The first-order chi connectivity index (χ1) is 13.8. The Morgan fingerprint density at radius 1 is 1.03 bits per heavy atom. The minimum Gasteiger partial charge on any atom is -0.394 e. The third-order valence-corrected chi connectivity index (χ3v) is 5.38. The largest absolute Gasteiger partial charge is 0.394 e. The zero-order valence-corrected chi connectivity index (χ0v) is 17.6. The van der Waals surface area contributed by atoms with Gasteiger partial charge in [0.1, 0.15) is 24.6 Å². The Balaban J connectivity index is 1.93. The number of rotatable bonds is 9. The van der Waals surface area contributed by atoms with Crippen molar-refractivity contribution in [2.45, 2.75) is 65.1 Å². The summed E-state index contributed by atoms with van der Waals surface area (Å²) >= 11 is 0. The van der Waals surface area contributed by atoms with Gasteiger partial charge in [-0.2, -0.15) is 0 Å². The van der Waals surface area contributed by atoms with Crippen LogP contribution >= 0.6 is 0 Å². The van der Waals surface area contributed by atoms with Gasteiger partial charge in [0, 0.05) is 13.1 Å². The van der Waals surface area contributed by atoms with E-state index in [1.165, 1.54) is 6.33 Å². The van der Waals surface area contributed by atoms with Crippen LogP contribution in [0.1, 0.15) is 46.8 Å². The number of nitrogens with zero attached hydrogens (tertiary/aromatic N) is 5. The van der Waals surface area contributed by atoms with Crippen molar-refractivity contribution in [3.63, 3.8) is 0 Å². The molecule has 0 aromatic carbocycles. The Hall–Kier alpha value is -1.81. The highest BCUT2D eigenvalue weighted by Gasteiger charge is 2.44. The third-order valence-electron chi connectivity index (χ3n) is 5.38. The standard InChI is InChI=1S/C20H33N5O4/c1-12(2)5-7-24(8-6-13(3)4)18-15-19(22-10-21-18)25(11-23-15)20-17(28)16(27)14(9-26)29-20/h10-14,16-17,20,26-28H,5-9H2,1-4H3/t14-,16-,17-,20-/m1/s1. The van der Waals surface area contributed by atoms with E-state index in [1.54, 1.807) is 10.9 Å². The average Bonchev–Trinajstić information content (AvgIpc) is 3.23. The van der Waals surface area contributed by atoms with Crippen LogP contribution in [0.25, 0.3) is 11.2 Å². The second-order valence-electron chi connectivity index (χ2n) is 8.60. The van der Waals surface area contributed by atoms with Gasteiger partial charge in [0.15, 0.2) is 23.2 Å². The number of hydrogen-bond donors (Lipinski definition) is 3. The zero-order chi connectivity index (χ0) is 21.1. The summed E-state index contributed by atoms with van der Waals surface area (Å²) in [5, 5.41) is 29.8. The van der Waals surface area contributed by atoms with E-state index in [0.29, 0.717) is 23.0 Å². The molecule has 1 fully saturated rings. The Labute approximate surface area is 171 Å². The van der Waals surface area contributed by atoms with E-state index in [1.807, 2.05) is 0 Å². The van der Waals surface area contributed by atoms with E-state index < -0.39 is 24.5 Å². The Kier molecular flexibility index (Phi) is 7.05. The molecule has 1 aliphatic heterocycles. The van der Waals surface area contributed by atoms with Gasteiger partial charge >= 0.3 is 0 Å². The summed E-state index contributed by atoms with van der Waals surface area (Å²) in [6.07, 6.45) is 1.06. The molecule has 0 radical (unpaired) electrons. The van der Waals surface area contributed by atoms with Gasteiger partial charge in [0.2, 0.25) is 0 Å². The Morgan fingerprint density at radius 3 is 2.24 bits per heavy atom. The third kappa shape index (κ3) is 4.69. The molecule has 0 amide bonds. The molecule has 0 saturated carbocycles. The van der Waals surface area contributed by atoms with Crippen LogP contribution in [0.15, 0.2) is 12.7 Å². The number of aliphatic hydroxyl groups excluding tert-OH is 3. The minimum absolute atomic E-state index is 0.375. The lowest BCUT2D eigenvalue weighted by Crippen LogP contribution is -2.33. The van der Waals surface area contributed by atoms with Gasteiger partial charge < -0.3 is 25.0 Å². The van der Waals surface area contributed by atoms with Crippen LogP contribution in [-0.4, -0.2) is 72.8 Å². The lowest BCUT2D eigenvalue weighted by Gasteiger charge is -2.25. The molecule has 2 aromatic heterocycles. The van der Waals surface area contributed by atoms with Gasteiger partial charge in [-0.1, -0.05) is 27.7 Å². The summed E-state index contributed by atoms with van der Waals surface area (Å²) in [6.45, 7) is 10.2. The summed E-state index contributed by atoms with van der Waals surface area (Å²) in [5.74, 6) is 1.91. The average molecular weight is 408 g/mol. The highest BCUT2D eigenvalue weighted by atomic mass is 16.6. The molecule has 3 rings (SSSR count). The predicted molar refractivity (Wildman–Crippen MR) is 109 cm³/mol. The van der Waals surface area contributed by atoms with Crippen molar-refractivity contribution >= 4 is 17.0 Å². The molecule has 0 bridgehead atoms. The number of ether oxygens (including phenoxy) is 1. The van der Waals surface area contributed by atoms with Crippen LogP contribution in [0.2, 0.25) is 0 Å². The fourth-order valence-electron chi connectivity index (χ4n) is 3.52. The molecule has 1 aliphatic rings.